The van der Waals surface area contributed by atoms with E-state index in [1.807, 2.05) is 0 Å². The zero-order valence-corrected chi connectivity index (χ0v) is 9.60. The number of hydrogen-bond donors (Lipinski definition) is 3. The molecule has 1 aliphatic rings. The average molecular weight is 235 g/mol. The number of aliphatic hydroxyl groups is 1. The van der Waals surface area contributed by atoms with Gasteiger partial charge in [0.2, 0.25) is 0 Å². The maximum absolute atomic E-state index is 11.8. The van der Waals surface area contributed by atoms with Crippen LogP contribution in [0.3, 0.4) is 0 Å². The van der Waals surface area contributed by atoms with Crippen LogP contribution in [0.1, 0.15) is 36.2 Å². The number of amides is 1. The van der Waals surface area contributed by atoms with Crippen molar-refractivity contribution in [2.24, 2.45) is 0 Å². The highest BCUT2D eigenvalue weighted by Gasteiger charge is 2.22. The van der Waals surface area contributed by atoms with Gasteiger partial charge in [0.15, 0.2) is 0 Å². The smallest absolute Gasteiger partial charge is 0.270 e. The number of hydrogen-bond acceptors (Lipinski definition) is 4. The van der Waals surface area contributed by atoms with Gasteiger partial charge >= 0.3 is 0 Å². The van der Waals surface area contributed by atoms with Crippen molar-refractivity contribution in [2.45, 2.75) is 37.8 Å². The molecule has 5 nitrogen and oxygen atoms in total. The van der Waals surface area contributed by atoms with Gasteiger partial charge in [-0.2, -0.15) is 0 Å². The summed E-state index contributed by atoms with van der Waals surface area (Å²) in [5, 5.41) is 12.4. The highest BCUT2D eigenvalue weighted by Crippen LogP contribution is 2.18. The van der Waals surface area contributed by atoms with Crippen LogP contribution in [0.4, 0.5) is 5.69 Å². The second-order valence-electron chi connectivity index (χ2n) is 4.47. The summed E-state index contributed by atoms with van der Waals surface area (Å²) in [7, 11) is 0. The zero-order chi connectivity index (χ0) is 12.3. The summed E-state index contributed by atoms with van der Waals surface area (Å²) in [6, 6.07) is 3.30. The fraction of sp³-hybridized carbons (Fsp3) is 0.500. The molecule has 5 heteroatoms. The average Bonchev–Trinajstić information content (AvgIpc) is 2.29. The molecule has 0 spiro atoms. The third-order valence-electron chi connectivity index (χ3n) is 3.00. The van der Waals surface area contributed by atoms with Gasteiger partial charge in [-0.25, -0.2) is 4.98 Å². The SMILES string of the molecule is Nc1ccc(C(=O)NC2CCCC(O)C2)nc1. The van der Waals surface area contributed by atoms with E-state index in [-0.39, 0.29) is 18.1 Å². The molecule has 1 aromatic heterocycles. The summed E-state index contributed by atoms with van der Waals surface area (Å²) in [4.78, 5) is 15.8. The molecule has 2 atom stereocenters. The lowest BCUT2D eigenvalue weighted by Gasteiger charge is -2.26. The van der Waals surface area contributed by atoms with Crippen molar-refractivity contribution in [1.82, 2.24) is 10.3 Å². The maximum Gasteiger partial charge on any atom is 0.270 e. The predicted molar refractivity (Wildman–Crippen MR) is 64.4 cm³/mol. The van der Waals surface area contributed by atoms with Crippen molar-refractivity contribution in [1.29, 1.82) is 0 Å². The van der Waals surface area contributed by atoms with Gasteiger partial charge in [-0.15, -0.1) is 0 Å². The first-order valence-electron chi connectivity index (χ1n) is 5.85. The number of nitrogens with two attached hydrogens (primary N) is 1. The third-order valence-corrected chi connectivity index (χ3v) is 3.00. The van der Waals surface area contributed by atoms with E-state index in [1.54, 1.807) is 12.1 Å². The molecule has 1 heterocycles. The minimum absolute atomic E-state index is 0.0469. The van der Waals surface area contributed by atoms with Crippen LogP contribution < -0.4 is 11.1 Å². The van der Waals surface area contributed by atoms with Gasteiger partial charge < -0.3 is 16.2 Å². The Hall–Kier alpha value is -1.62. The molecule has 1 saturated carbocycles. The van der Waals surface area contributed by atoms with Crippen LogP contribution >= 0.6 is 0 Å². The monoisotopic (exact) mass is 235 g/mol. The Balaban J connectivity index is 1.94. The Morgan fingerprint density at radius 3 is 2.94 bits per heavy atom. The Bertz CT molecular complexity index is 391. The molecule has 2 unspecified atom stereocenters. The van der Waals surface area contributed by atoms with Crippen LogP contribution in [0, 0.1) is 0 Å². The summed E-state index contributed by atoms with van der Waals surface area (Å²) < 4.78 is 0. The highest BCUT2D eigenvalue weighted by atomic mass is 16.3. The van der Waals surface area contributed by atoms with Crippen molar-refractivity contribution in [2.75, 3.05) is 5.73 Å². The minimum Gasteiger partial charge on any atom is -0.397 e. The van der Waals surface area contributed by atoms with E-state index in [0.29, 0.717) is 17.8 Å². The lowest BCUT2D eigenvalue weighted by Crippen LogP contribution is -2.40. The summed E-state index contributed by atoms with van der Waals surface area (Å²) in [5.74, 6) is -0.205. The van der Waals surface area contributed by atoms with Crippen molar-refractivity contribution < 1.29 is 9.90 Å². The van der Waals surface area contributed by atoms with Gasteiger partial charge in [0.1, 0.15) is 5.69 Å². The van der Waals surface area contributed by atoms with Crippen LogP contribution in [0.2, 0.25) is 0 Å². The largest absolute Gasteiger partial charge is 0.397 e. The molecule has 4 N–H and O–H groups in total. The molecule has 0 saturated heterocycles. The van der Waals surface area contributed by atoms with E-state index in [1.165, 1.54) is 6.20 Å². The highest BCUT2D eigenvalue weighted by molar-refractivity contribution is 5.92. The van der Waals surface area contributed by atoms with Gasteiger partial charge in [-0.05, 0) is 37.8 Å². The van der Waals surface area contributed by atoms with Gasteiger partial charge in [-0.1, -0.05) is 0 Å². The first-order valence-corrected chi connectivity index (χ1v) is 5.85. The number of carbonyl (C=O) groups excluding carboxylic acids is 1. The first-order chi connectivity index (χ1) is 8.15. The fourth-order valence-electron chi connectivity index (χ4n) is 2.09. The topological polar surface area (TPSA) is 88.2 Å². The number of rotatable bonds is 2. The Morgan fingerprint density at radius 2 is 2.29 bits per heavy atom. The van der Waals surface area contributed by atoms with Crippen LogP contribution in [0.15, 0.2) is 18.3 Å². The number of aromatic nitrogens is 1. The normalized spacial score (nSPS) is 24.3. The summed E-state index contributed by atoms with van der Waals surface area (Å²) >= 11 is 0. The van der Waals surface area contributed by atoms with E-state index >= 15 is 0 Å². The number of anilines is 1. The molecular weight excluding hydrogens is 218 g/mol. The predicted octanol–water partition coefficient (Wildman–Crippen LogP) is 0.697. The molecule has 0 radical (unpaired) electrons. The quantitative estimate of drug-likeness (QED) is 0.704. The molecule has 1 amide bonds. The number of pyridine rings is 1. The van der Waals surface area contributed by atoms with Crippen LogP contribution in [0.25, 0.3) is 0 Å². The molecule has 1 aliphatic carbocycles. The van der Waals surface area contributed by atoms with E-state index in [9.17, 15) is 9.90 Å². The number of nitrogen functional groups attached to an aromatic ring is 1. The number of nitrogens with one attached hydrogen (secondary N) is 1. The standard InChI is InChI=1S/C12H17N3O2/c13-8-4-5-11(14-7-8)12(17)15-9-2-1-3-10(16)6-9/h4-5,7,9-10,16H,1-3,6,13H2,(H,15,17). The van der Waals surface area contributed by atoms with Crippen LogP contribution in [-0.4, -0.2) is 28.1 Å². The molecule has 17 heavy (non-hydrogen) atoms. The molecule has 92 valence electrons. The van der Waals surface area contributed by atoms with Crippen LogP contribution in [-0.2, 0) is 0 Å². The second kappa shape index (κ2) is 5.14. The summed E-state index contributed by atoms with van der Waals surface area (Å²) in [5.41, 5.74) is 6.40. The fourth-order valence-corrected chi connectivity index (χ4v) is 2.09. The molecule has 0 aliphatic heterocycles. The summed E-state index contributed by atoms with van der Waals surface area (Å²) in [6.45, 7) is 0. The number of aliphatic hydroxyl groups excluding tert-OH is 1. The maximum atomic E-state index is 11.8. The molecular formula is C12H17N3O2. The van der Waals surface area contributed by atoms with E-state index in [0.717, 1.165) is 19.3 Å². The van der Waals surface area contributed by atoms with Crippen molar-refractivity contribution in [3.8, 4) is 0 Å². The minimum atomic E-state index is -0.298. The van der Waals surface area contributed by atoms with Gasteiger partial charge in [-0.3, -0.25) is 4.79 Å². The molecule has 2 rings (SSSR count). The zero-order valence-electron chi connectivity index (χ0n) is 9.60. The lowest BCUT2D eigenvalue weighted by atomic mass is 9.93. The van der Waals surface area contributed by atoms with Crippen LogP contribution in [0.5, 0.6) is 0 Å². The third kappa shape index (κ3) is 3.17. The molecule has 1 aromatic rings. The number of nitrogens with zero attached hydrogens (tertiary/aromatic N) is 1. The van der Waals surface area contributed by atoms with E-state index < -0.39 is 0 Å². The Kier molecular flexibility index (Phi) is 3.58. The van der Waals surface area contributed by atoms with Crippen molar-refractivity contribution in [3.05, 3.63) is 24.0 Å². The van der Waals surface area contributed by atoms with Gasteiger partial charge in [0.25, 0.3) is 5.91 Å². The number of carbonyl (C=O) groups is 1. The summed E-state index contributed by atoms with van der Waals surface area (Å²) in [6.07, 6.45) is 4.48. The second-order valence-corrected chi connectivity index (χ2v) is 4.47. The Labute approximate surface area is 100 Å². The molecule has 0 aromatic carbocycles. The van der Waals surface area contributed by atoms with Gasteiger partial charge in [0, 0.05) is 6.04 Å². The van der Waals surface area contributed by atoms with E-state index in [2.05, 4.69) is 10.3 Å². The van der Waals surface area contributed by atoms with Crippen molar-refractivity contribution >= 4 is 11.6 Å². The first kappa shape index (κ1) is 11.9. The van der Waals surface area contributed by atoms with Crippen molar-refractivity contribution in [3.63, 3.8) is 0 Å². The van der Waals surface area contributed by atoms with E-state index in [4.69, 9.17) is 5.73 Å². The Morgan fingerprint density at radius 1 is 1.47 bits per heavy atom. The lowest BCUT2D eigenvalue weighted by molar-refractivity contribution is 0.0845. The van der Waals surface area contributed by atoms with Gasteiger partial charge in [0.05, 0.1) is 18.0 Å². The molecule has 0 bridgehead atoms. The molecule has 1 fully saturated rings.